The van der Waals surface area contributed by atoms with Crippen LogP contribution in [0.4, 0.5) is 5.69 Å². The maximum Gasteiger partial charge on any atom is 0.194 e. The average molecular weight is 364 g/mol. The lowest BCUT2D eigenvalue weighted by Crippen LogP contribution is -2.52. The van der Waals surface area contributed by atoms with Gasteiger partial charge in [-0.25, -0.2) is 0 Å². The number of benzene rings is 1. The third-order valence-electron chi connectivity index (χ3n) is 4.56. The summed E-state index contributed by atoms with van der Waals surface area (Å²) in [5.41, 5.74) is 0.911. The summed E-state index contributed by atoms with van der Waals surface area (Å²) in [6.45, 7) is 9.82. The van der Waals surface area contributed by atoms with Gasteiger partial charge in [0.05, 0.1) is 18.8 Å². The highest BCUT2D eigenvalue weighted by Crippen LogP contribution is 2.27. The van der Waals surface area contributed by atoms with Crippen molar-refractivity contribution in [2.45, 2.75) is 6.92 Å². The van der Waals surface area contributed by atoms with E-state index in [9.17, 15) is 5.11 Å². The summed E-state index contributed by atoms with van der Waals surface area (Å²) in [5.74, 6) is 1.32. The quantitative estimate of drug-likeness (QED) is 0.532. The number of phenols is 1. The van der Waals surface area contributed by atoms with Crippen molar-refractivity contribution in [3.63, 3.8) is 0 Å². The van der Waals surface area contributed by atoms with Crippen molar-refractivity contribution in [3.8, 4) is 5.75 Å². The summed E-state index contributed by atoms with van der Waals surface area (Å²) in [5, 5.41) is 13.4. The van der Waals surface area contributed by atoms with Crippen molar-refractivity contribution < 1.29 is 9.84 Å². The molecule has 1 aliphatic rings. The van der Waals surface area contributed by atoms with Gasteiger partial charge in [0.2, 0.25) is 0 Å². The van der Waals surface area contributed by atoms with Gasteiger partial charge < -0.3 is 29.9 Å². The first-order valence-corrected chi connectivity index (χ1v) is 9.39. The van der Waals surface area contributed by atoms with E-state index in [2.05, 4.69) is 34.0 Å². The fraction of sp³-hybridized carbons (Fsp3) is 0.632. The molecule has 0 saturated carbocycles. The molecular weight excluding hydrogens is 330 g/mol. The molecule has 1 aromatic rings. The van der Waals surface area contributed by atoms with E-state index in [0.717, 1.165) is 70.6 Å². The molecule has 7 heteroatoms. The molecule has 1 aromatic carbocycles. The van der Waals surface area contributed by atoms with E-state index in [1.807, 2.05) is 18.2 Å². The maximum absolute atomic E-state index is 10.0. The number of likely N-dealkylation sites (N-methyl/N-ethyl adjacent to an activating group) is 1. The van der Waals surface area contributed by atoms with Gasteiger partial charge in [-0.3, -0.25) is 4.99 Å². The SMILES string of the molecule is CCNC(=NCCN(C)CCOC)N1CCN(c2ccccc2O)CC1. The zero-order valence-corrected chi connectivity index (χ0v) is 16.3. The van der Waals surface area contributed by atoms with E-state index in [1.165, 1.54) is 0 Å². The summed E-state index contributed by atoms with van der Waals surface area (Å²) in [6, 6.07) is 7.54. The van der Waals surface area contributed by atoms with E-state index in [1.54, 1.807) is 13.2 Å². The van der Waals surface area contributed by atoms with E-state index in [-0.39, 0.29) is 0 Å². The van der Waals surface area contributed by atoms with Crippen molar-refractivity contribution in [1.82, 2.24) is 15.1 Å². The zero-order chi connectivity index (χ0) is 18.8. The Bertz CT molecular complexity index is 559. The second-order valence-electron chi connectivity index (χ2n) is 6.49. The molecule has 1 aliphatic heterocycles. The van der Waals surface area contributed by atoms with Crippen LogP contribution >= 0.6 is 0 Å². The Kier molecular flexibility index (Phi) is 8.50. The number of piperazine rings is 1. The zero-order valence-electron chi connectivity index (χ0n) is 16.3. The van der Waals surface area contributed by atoms with Crippen LogP contribution in [0.1, 0.15) is 6.92 Å². The number of methoxy groups -OCH3 is 1. The predicted octanol–water partition coefficient (Wildman–Crippen LogP) is 1.06. The minimum absolute atomic E-state index is 0.348. The van der Waals surface area contributed by atoms with Gasteiger partial charge in [-0.2, -0.15) is 0 Å². The van der Waals surface area contributed by atoms with E-state index in [0.29, 0.717) is 5.75 Å². The lowest BCUT2D eigenvalue weighted by atomic mass is 10.2. The van der Waals surface area contributed by atoms with E-state index >= 15 is 0 Å². The van der Waals surface area contributed by atoms with Gasteiger partial charge in [0.1, 0.15) is 5.75 Å². The molecule has 0 aliphatic carbocycles. The third-order valence-corrected chi connectivity index (χ3v) is 4.56. The fourth-order valence-electron chi connectivity index (χ4n) is 3.00. The Morgan fingerprint density at radius 2 is 1.96 bits per heavy atom. The van der Waals surface area contributed by atoms with Crippen molar-refractivity contribution in [3.05, 3.63) is 24.3 Å². The van der Waals surface area contributed by atoms with Gasteiger partial charge in [-0.15, -0.1) is 0 Å². The van der Waals surface area contributed by atoms with Crippen molar-refractivity contribution in [2.75, 3.05) is 78.0 Å². The Morgan fingerprint density at radius 3 is 2.62 bits per heavy atom. The Balaban J connectivity index is 1.87. The second kappa shape index (κ2) is 10.9. The second-order valence-corrected chi connectivity index (χ2v) is 6.49. The topological polar surface area (TPSA) is 63.6 Å². The molecule has 0 aromatic heterocycles. The number of hydrogen-bond acceptors (Lipinski definition) is 5. The van der Waals surface area contributed by atoms with Gasteiger partial charge in [0.15, 0.2) is 5.96 Å². The van der Waals surface area contributed by atoms with E-state index in [4.69, 9.17) is 9.73 Å². The molecule has 1 heterocycles. The number of anilines is 1. The Hall–Kier alpha value is -1.99. The predicted molar refractivity (Wildman–Crippen MR) is 107 cm³/mol. The molecule has 146 valence electrons. The summed E-state index contributed by atoms with van der Waals surface area (Å²) in [6.07, 6.45) is 0. The third kappa shape index (κ3) is 6.07. The smallest absolute Gasteiger partial charge is 0.194 e. The highest BCUT2D eigenvalue weighted by molar-refractivity contribution is 5.80. The molecule has 7 nitrogen and oxygen atoms in total. The molecule has 0 bridgehead atoms. The molecule has 0 radical (unpaired) electrons. The van der Waals surface area contributed by atoms with Crippen LogP contribution < -0.4 is 10.2 Å². The summed E-state index contributed by atoms with van der Waals surface area (Å²) in [7, 11) is 3.82. The number of nitrogens with zero attached hydrogens (tertiary/aromatic N) is 4. The largest absolute Gasteiger partial charge is 0.506 e. The van der Waals surface area contributed by atoms with Crippen molar-refractivity contribution in [2.24, 2.45) is 4.99 Å². The van der Waals surface area contributed by atoms with Crippen LogP contribution in [0.15, 0.2) is 29.3 Å². The lowest BCUT2D eigenvalue weighted by Gasteiger charge is -2.38. The normalized spacial score (nSPS) is 15.6. The first-order valence-electron chi connectivity index (χ1n) is 9.39. The molecule has 2 rings (SSSR count). The number of nitrogens with one attached hydrogen (secondary N) is 1. The van der Waals surface area contributed by atoms with Crippen LogP contribution in [0, 0.1) is 0 Å². The van der Waals surface area contributed by atoms with Crippen LogP contribution in [-0.2, 0) is 4.74 Å². The van der Waals surface area contributed by atoms with Crippen LogP contribution in [0.3, 0.4) is 0 Å². The van der Waals surface area contributed by atoms with Crippen LogP contribution in [0.5, 0.6) is 5.75 Å². The number of rotatable bonds is 8. The maximum atomic E-state index is 10.0. The lowest BCUT2D eigenvalue weighted by molar-refractivity contribution is 0.163. The van der Waals surface area contributed by atoms with E-state index < -0.39 is 0 Å². The van der Waals surface area contributed by atoms with Gasteiger partial charge in [-0.05, 0) is 26.1 Å². The molecule has 1 saturated heterocycles. The van der Waals surface area contributed by atoms with Gasteiger partial charge >= 0.3 is 0 Å². The molecule has 0 amide bonds. The number of guanidine groups is 1. The number of aliphatic imine (C=N–C) groups is 1. The van der Waals surface area contributed by atoms with Crippen LogP contribution in [0.25, 0.3) is 0 Å². The first-order chi connectivity index (χ1) is 12.7. The van der Waals surface area contributed by atoms with Crippen LogP contribution in [-0.4, -0.2) is 94.0 Å². The summed E-state index contributed by atoms with van der Waals surface area (Å²) < 4.78 is 5.11. The molecule has 1 fully saturated rings. The average Bonchev–Trinajstić information content (AvgIpc) is 2.66. The highest BCUT2D eigenvalue weighted by Gasteiger charge is 2.21. The summed E-state index contributed by atoms with van der Waals surface area (Å²) in [4.78, 5) is 11.5. The van der Waals surface area contributed by atoms with Gasteiger partial charge in [0, 0.05) is 52.9 Å². The number of phenolic OH excluding ortho intramolecular Hbond substituents is 1. The molecule has 2 N–H and O–H groups in total. The van der Waals surface area contributed by atoms with Gasteiger partial charge in [-0.1, -0.05) is 12.1 Å². The number of aromatic hydroxyl groups is 1. The molecule has 26 heavy (non-hydrogen) atoms. The van der Waals surface area contributed by atoms with Crippen molar-refractivity contribution >= 4 is 11.6 Å². The molecule has 0 spiro atoms. The Labute approximate surface area is 157 Å². The van der Waals surface area contributed by atoms with Gasteiger partial charge in [0.25, 0.3) is 0 Å². The molecular formula is C19H33N5O2. The number of para-hydroxylation sites is 2. The first kappa shape index (κ1) is 20.3. The minimum atomic E-state index is 0.348. The monoisotopic (exact) mass is 363 g/mol. The van der Waals surface area contributed by atoms with Crippen molar-refractivity contribution in [1.29, 1.82) is 0 Å². The fourth-order valence-corrected chi connectivity index (χ4v) is 3.00. The minimum Gasteiger partial charge on any atom is -0.506 e. The Morgan fingerprint density at radius 1 is 1.23 bits per heavy atom. The number of hydrogen-bond donors (Lipinski definition) is 2. The number of ether oxygens (including phenoxy) is 1. The highest BCUT2D eigenvalue weighted by atomic mass is 16.5. The van der Waals surface area contributed by atoms with Crippen LogP contribution in [0.2, 0.25) is 0 Å². The molecule has 0 unspecified atom stereocenters. The standard InChI is InChI=1S/C19H33N5O2/c1-4-20-19(21-9-10-22(2)15-16-26-3)24-13-11-23(12-14-24)17-7-5-6-8-18(17)25/h5-8,25H,4,9-16H2,1-3H3,(H,20,21). The molecule has 0 atom stereocenters. The summed E-state index contributed by atoms with van der Waals surface area (Å²) >= 11 is 0.